The summed E-state index contributed by atoms with van der Waals surface area (Å²) in [4.78, 5) is 58.5. The Morgan fingerprint density at radius 3 is 1.55 bits per heavy atom. The molecule has 11 rings (SSSR count). The Hall–Kier alpha value is -6.86. The van der Waals surface area contributed by atoms with E-state index >= 15 is 0 Å². The van der Waals surface area contributed by atoms with E-state index in [0.29, 0.717) is 23.6 Å². The first-order chi connectivity index (χ1) is 33.6. The van der Waals surface area contributed by atoms with Gasteiger partial charge < -0.3 is 29.1 Å². The van der Waals surface area contributed by atoms with Crippen molar-refractivity contribution in [1.82, 2.24) is 9.97 Å². The molecule has 2 amide bonds. The number of rotatable bonds is 6. The van der Waals surface area contributed by atoms with Crippen LogP contribution in [0.2, 0.25) is 0 Å². The molecule has 8 aromatic rings. The number of fused-ring (bicyclic) bond motifs is 4. The van der Waals surface area contributed by atoms with Gasteiger partial charge in [-0.05, 0) is 139 Å². The molecule has 12 heteroatoms. The van der Waals surface area contributed by atoms with Crippen molar-refractivity contribution in [3.63, 3.8) is 0 Å². The second kappa shape index (κ2) is 20.9. The number of anilines is 2. The van der Waals surface area contributed by atoms with Crippen molar-refractivity contribution < 1.29 is 18.9 Å². The first-order valence-electron chi connectivity index (χ1n) is 23.8. The molecule has 1 saturated heterocycles. The number of carbonyl (C=O) groups is 2. The molecule has 3 aliphatic heterocycles. The predicted molar refractivity (Wildman–Crippen MR) is 293 cm³/mol. The number of carbonyl (C=O) groups excluding carboxylic acids is 2. The van der Waals surface area contributed by atoms with Gasteiger partial charge in [0.1, 0.15) is 0 Å². The Labute approximate surface area is 424 Å². The molecular weight excluding hydrogens is 951 g/mol. The summed E-state index contributed by atoms with van der Waals surface area (Å²) in [5, 5.41) is 3.27. The highest BCUT2D eigenvalue weighted by molar-refractivity contribution is 9.10. The maximum absolute atomic E-state index is 12.9. The largest absolute Gasteiger partial charge is 0.495 e. The van der Waals surface area contributed by atoms with Gasteiger partial charge >= 0.3 is 7.12 Å². The van der Waals surface area contributed by atoms with Gasteiger partial charge in [0, 0.05) is 63.1 Å². The molecule has 2 aromatic heterocycles. The van der Waals surface area contributed by atoms with Crippen molar-refractivity contribution >= 4 is 73.2 Å². The van der Waals surface area contributed by atoms with Crippen LogP contribution in [0.5, 0.6) is 0 Å². The van der Waals surface area contributed by atoms with Crippen LogP contribution in [0.25, 0.3) is 32.7 Å². The highest BCUT2D eigenvalue weighted by atomic mass is 79.9. The molecule has 2 N–H and O–H groups in total. The van der Waals surface area contributed by atoms with Gasteiger partial charge in [0.15, 0.2) is 0 Å². The number of H-pyrrole nitrogens is 2. The Balaban J connectivity index is 0.000000153. The van der Waals surface area contributed by atoms with Crippen LogP contribution in [0.1, 0.15) is 68.5 Å². The minimum Gasteiger partial charge on any atom is -0.399 e. The van der Waals surface area contributed by atoms with Crippen LogP contribution in [0.4, 0.5) is 11.4 Å². The molecule has 3 aliphatic rings. The third-order valence-corrected chi connectivity index (χ3v) is 14.7. The average Bonchev–Trinajstić information content (AvgIpc) is 4.04. The van der Waals surface area contributed by atoms with E-state index in [9.17, 15) is 19.2 Å². The molecule has 71 heavy (non-hydrogen) atoms. The van der Waals surface area contributed by atoms with Crippen molar-refractivity contribution in [2.75, 3.05) is 22.9 Å². The first kappa shape index (κ1) is 50.5. The van der Waals surface area contributed by atoms with Crippen LogP contribution in [0, 0.1) is 13.8 Å². The van der Waals surface area contributed by atoms with E-state index in [1.54, 1.807) is 18.5 Å². The number of aromatic nitrogens is 2. The highest BCUT2D eigenvalue weighted by Gasteiger charge is 2.52. The number of pyridine rings is 2. The van der Waals surface area contributed by atoms with Crippen molar-refractivity contribution in [2.24, 2.45) is 0 Å². The number of aryl methyl sites for hydroxylation is 2. The van der Waals surface area contributed by atoms with Gasteiger partial charge in [-0.1, -0.05) is 122 Å². The number of halogens is 1. The molecule has 6 aromatic carbocycles. The van der Waals surface area contributed by atoms with Crippen molar-refractivity contribution in [3.05, 3.63) is 204 Å². The number of amides is 2. The molecule has 0 bridgehead atoms. The summed E-state index contributed by atoms with van der Waals surface area (Å²) in [6.45, 7) is 13.9. The smallest absolute Gasteiger partial charge is 0.399 e. The minimum atomic E-state index is -0.375. The lowest BCUT2D eigenvalue weighted by Gasteiger charge is -2.32. The number of para-hydroxylation sites is 2. The van der Waals surface area contributed by atoms with E-state index in [1.165, 1.54) is 11.1 Å². The summed E-state index contributed by atoms with van der Waals surface area (Å²) < 4.78 is 13.3. The third-order valence-electron chi connectivity index (χ3n) is 14.1. The summed E-state index contributed by atoms with van der Waals surface area (Å²) in [5.74, 6) is 0.273. The van der Waals surface area contributed by atoms with Gasteiger partial charge in [0.05, 0.1) is 24.0 Å². The summed E-state index contributed by atoms with van der Waals surface area (Å²) in [6.07, 6.45) is 6.06. The fourth-order valence-corrected chi connectivity index (χ4v) is 10.0. The fraction of sp³-hybridized carbons (Fsp3) is 0.254. The van der Waals surface area contributed by atoms with Crippen LogP contribution in [0.3, 0.4) is 0 Å². The third kappa shape index (κ3) is 10.5. The zero-order chi connectivity index (χ0) is 49.3. The summed E-state index contributed by atoms with van der Waals surface area (Å²) >= 11 is 3.36. The maximum atomic E-state index is 12.9. The molecule has 10 nitrogen and oxygen atoms in total. The van der Waals surface area contributed by atoms with Crippen molar-refractivity contribution in [1.29, 1.82) is 0 Å². The Bertz CT molecular complexity index is 3400. The van der Waals surface area contributed by atoms with Gasteiger partial charge in [-0.3, -0.25) is 19.2 Å². The second-order valence-corrected chi connectivity index (χ2v) is 20.1. The summed E-state index contributed by atoms with van der Waals surface area (Å²) in [7, 11) is -0.375. The number of hydrogen-bond donors (Lipinski definition) is 2. The van der Waals surface area contributed by atoms with Crippen molar-refractivity contribution in [3.8, 4) is 11.1 Å². The Morgan fingerprint density at radius 2 is 1.03 bits per heavy atom. The molecule has 0 saturated carbocycles. The highest BCUT2D eigenvalue weighted by Crippen LogP contribution is 2.37. The van der Waals surface area contributed by atoms with Crippen LogP contribution in [-0.2, 0) is 44.6 Å². The number of nitrogens with zero attached hydrogens (tertiary/aromatic N) is 2. The maximum Gasteiger partial charge on any atom is 0.495 e. The van der Waals surface area contributed by atoms with E-state index < -0.39 is 0 Å². The zero-order valence-electron chi connectivity index (χ0n) is 40.4. The predicted octanol–water partition coefficient (Wildman–Crippen LogP) is 11.0. The molecule has 5 heterocycles. The Kier molecular flexibility index (Phi) is 14.8. The number of aromatic amines is 2. The van der Waals surface area contributed by atoms with Crippen LogP contribution in [0.15, 0.2) is 160 Å². The molecular formula is C59H60BBrN4O6. The van der Waals surface area contributed by atoms with Crippen LogP contribution < -0.4 is 26.4 Å². The quantitative estimate of drug-likeness (QED) is 0.160. The Morgan fingerprint density at radius 1 is 0.577 bits per heavy atom. The number of nitrogens with one attached hydrogen (secondary N) is 2. The van der Waals surface area contributed by atoms with E-state index in [4.69, 9.17) is 9.31 Å². The molecule has 0 unspecified atom stereocenters. The number of hydrogen-bond acceptors (Lipinski definition) is 6. The van der Waals surface area contributed by atoms with E-state index in [0.717, 1.165) is 91.4 Å². The standard InChI is InChI=1S/C26H22N2O2.C23H28BNO3.C9H6BrNO.CH4/c1-17-14-18(15-25(29)28-13-12-19-6-2-5-9-24(19)28)10-11-20(17)23-16-27-26(30)22-8-4-3-7-21(22)23;1-16-14-17(10-11-19(16)24-27-22(2,3)23(4,5)28-24)15-21(26)25-13-12-18-8-6-7-9-20(18)25;10-8-5-11-9(12)7-4-2-1-3-6(7)8;/h2-11,14,16H,12-13,15H2,1H3,(H,27,30);6-11,14H,12-13,15H2,1-5H3;1-5H,(H,11,12);1H4. The summed E-state index contributed by atoms with van der Waals surface area (Å²) in [6, 6.07) is 43.7. The fourth-order valence-electron chi connectivity index (χ4n) is 9.56. The average molecular weight is 1010 g/mol. The number of benzene rings is 6. The van der Waals surface area contributed by atoms with E-state index in [2.05, 4.69) is 90.8 Å². The lowest BCUT2D eigenvalue weighted by atomic mass is 9.75. The lowest BCUT2D eigenvalue weighted by molar-refractivity contribution is -0.118. The summed E-state index contributed by atoms with van der Waals surface area (Å²) in [5.41, 5.74) is 11.0. The van der Waals surface area contributed by atoms with Gasteiger partial charge in [-0.15, -0.1) is 0 Å². The first-order valence-corrected chi connectivity index (χ1v) is 24.6. The van der Waals surface area contributed by atoms with Gasteiger partial charge in [0.25, 0.3) is 11.1 Å². The van der Waals surface area contributed by atoms with Gasteiger partial charge in [-0.25, -0.2) is 0 Å². The zero-order valence-corrected chi connectivity index (χ0v) is 42.0. The minimum absolute atomic E-state index is 0. The SMILES string of the molecule is C.Cc1cc(CC(=O)N2CCc3ccccc32)ccc1-c1c[nH]c(=O)c2ccccc12.Cc1cc(CC(=O)N2CCc3ccccc32)ccc1B1OC(C)(C)C(C)(C)O1.O=c1[nH]cc(Br)c2ccccc12. The van der Waals surface area contributed by atoms with Crippen LogP contribution in [-0.4, -0.2) is 53.2 Å². The van der Waals surface area contributed by atoms with Crippen molar-refractivity contribution in [2.45, 2.75) is 85.9 Å². The molecule has 0 radical (unpaired) electrons. The monoisotopic (exact) mass is 1010 g/mol. The molecule has 0 atom stereocenters. The van der Waals surface area contributed by atoms with E-state index in [1.807, 2.05) is 114 Å². The normalized spacial score (nSPS) is 15.0. The molecule has 0 spiro atoms. The second-order valence-electron chi connectivity index (χ2n) is 19.2. The van der Waals surface area contributed by atoms with Crippen LogP contribution >= 0.6 is 15.9 Å². The van der Waals surface area contributed by atoms with Gasteiger partial charge in [0.2, 0.25) is 11.8 Å². The molecule has 362 valence electrons. The van der Waals surface area contributed by atoms with E-state index in [-0.39, 0.29) is 48.7 Å². The topological polar surface area (TPSA) is 125 Å². The molecule has 0 aliphatic carbocycles. The van der Waals surface area contributed by atoms with Gasteiger partial charge in [-0.2, -0.15) is 0 Å². The molecule has 1 fully saturated rings. The lowest BCUT2D eigenvalue weighted by Crippen LogP contribution is -2.41.